The molecule has 5 nitrogen and oxygen atoms in total. The summed E-state index contributed by atoms with van der Waals surface area (Å²) in [6.45, 7) is 5.69. The van der Waals surface area contributed by atoms with Gasteiger partial charge in [-0.25, -0.2) is 0 Å². The first kappa shape index (κ1) is 16.0. The average Bonchev–Trinajstić information content (AvgIpc) is 3.03. The van der Waals surface area contributed by atoms with Crippen molar-refractivity contribution in [3.8, 4) is 0 Å². The lowest BCUT2D eigenvalue weighted by Crippen LogP contribution is -2.31. The van der Waals surface area contributed by atoms with E-state index in [0.29, 0.717) is 13.2 Å². The molecular formula is C14H25NO4. The van der Waals surface area contributed by atoms with E-state index in [2.05, 4.69) is 5.32 Å². The molecule has 1 rings (SSSR count). The number of carboxylic acid groups (broad SMARTS) is 1. The van der Waals surface area contributed by atoms with E-state index in [1.165, 1.54) is 12.8 Å². The number of carbonyl (C=O) groups excluding carboxylic acids is 1. The van der Waals surface area contributed by atoms with Crippen LogP contribution in [-0.4, -0.2) is 36.7 Å². The van der Waals surface area contributed by atoms with E-state index >= 15 is 0 Å². The van der Waals surface area contributed by atoms with Crippen LogP contribution in [0.3, 0.4) is 0 Å². The summed E-state index contributed by atoms with van der Waals surface area (Å²) in [5, 5.41) is 11.5. The zero-order valence-corrected chi connectivity index (χ0v) is 11.9. The van der Waals surface area contributed by atoms with Crippen molar-refractivity contribution >= 4 is 11.9 Å². The third-order valence-corrected chi connectivity index (χ3v) is 3.11. The number of hydrogen-bond acceptors (Lipinski definition) is 3. The van der Waals surface area contributed by atoms with Crippen molar-refractivity contribution < 1.29 is 19.4 Å². The molecule has 1 amide bonds. The average molecular weight is 271 g/mol. The lowest BCUT2D eigenvalue weighted by Gasteiger charge is -2.21. The fraction of sp³-hybridized carbons (Fsp3) is 0.857. The highest BCUT2D eigenvalue weighted by atomic mass is 16.5. The Balaban J connectivity index is 2.01. The van der Waals surface area contributed by atoms with Gasteiger partial charge in [0, 0.05) is 26.2 Å². The van der Waals surface area contributed by atoms with Gasteiger partial charge in [0.15, 0.2) is 0 Å². The standard InChI is InChI=1S/C14H25NO4/c1-14(2,9-13(17)18)8-12(16)15-6-3-7-19-10-11-4-5-11/h11H,3-10H2,1-2H3,(H,15,16)(H,17,18). The van der Waals surface area contributed by atoms with Gasteiger partial charge in [0.25, 0.3) is 0 Å². The van der Waals surface area contributed by atoms with Gasteiger partial charge in [0.05, 0.1) is 6.42 Å². The Hall–Kier alpha value is -1.10. The van der Waals surface area contributed by atoms with Crippen LogP contribution in [0.5, 0.6) is 0 Å². The van der Waals surface area contributed by atoms with E-state index in [-0.39, 0.29) is 18.7 Å². The zero-order chi connectivity index (χ0) is 14.3. The molecule has 19 heavy (non-hydrogen) atoms. The van der Waals surface area contributed by atoms with Crippen LogP contribution in [0.15, 0.2) is 0 Å². The van der Waals surface area contributed by atoms with Crippen LogP contribution in [-0.2, 0) is 14.3 Å². The number of hydrogen-bond donors (Lipinski definition) is 2. The second kappa shape index (κ2) is 7.48. The Morgan fingerprint density at radius 3 is 2.58 bits per heavy atom. The number of rotatable bonds is 10. The molecule has 1 fully saturated rings. The molecule has 0 aromatic rings. The number of carbonyl (C=O) groups is 2. The predicted molar refractivity (Wildman–Crippen MR) is 71.8 cm³/mol. The molecule has 2 N–H and O–H groups in total. The van der Waals surface area contributed by atoms with Gasteiger partial charge >= 0.3 is 5.97 Å². The SMILES string of the molecule is CC(C)(CC(=O)O)CC(=O)NCCCOCC1CC1. The Labute approximate surface area is 114 Å². The van der Waals surface area contributed by atoms with Crippen LogP contribution in [0.2, 0.25) is 0 Å². The highest BCUT2D eigenvalue weighted by Gasteiger charge is 2.25. The van der Waals surface area contributed by atoms with Crippen molar-refractivity contribution in [1.82, 2.24) is 5.32 Å². The number of ether oxygens (including phenoxy) is 1. The zero-order valence-electron chi connectivity index (χ0n) is 11.9. The summed E-state index contributed by atoms with van der Waals surface area (Å²) in [6.07, 6.45) is 3.62. The minimum Gasteiger partial charge on any atom is -0.481 e. The number of aliphatic carboxylic acids is 1. The molecule has 0 saturated heterocycles. The first-order valence-corrected chi connectivity index (χ1v) is 6.95. The Morgan fingerprint density at radius 2 is 2.00 bits per heavy atom. The fourth-order valence-corrected chi connectivity index (χ4v) is 1.91. The van der Waals surface area contributed by atoms with Crippen molar-refractivity contribution in [2.45, 2.75) is 46.0 Å². The van der Waals surface area contributed by atoms with Gasteiger partial charge in [-0.3, -0.25) is 9.59 Å². The Kier molecular flexibility index (Phi) is 6.28. The van der Waals surface area contributed by atoms with Crippen molar-refractivity contribution in [3.05, 3.63) is 0 Å². The van der Waals surface area contributed by atoms with Crippen molar-refractivity contribution in [3.63, 3.8) is 0 Å². The first-order valence-electron chi connectivity index (χ1n) is 6.95. The molecule has 1 saturated carbocycles. The molecule has 0 unspecified atom stereocenters. The van der Waals surface area contributed by atoms with Gasteiger partial charge < -0.3 is 15.2 Å². The summed E-state index contributed by atoms with van der Waals surface area (Å²) in [5.41, 5.74) is -0.502. The number of carboxylic acids is 1. The van der Waals surface area contributed by atoms with Crippen molar-refractivity contribution in [2.24, 2.45) is 11.3 Å². The first-order chi connectivity index (χ1) is 8.89. The lowest BCUT2D eigenvalue weighted by molar-refractivity contribution is -0.139. The third kappa shape index (κ3) is 8.59. The van der Waals surface area contributed by atoms with Gasteiger partial charge in [-0.05, 0) is 30.6 Å². The molecule has 0 aromatic carbocycles. The topological polar surface area (TPSA) is 75.6 Å². The molecule has 0 aliphatic heterocycles. The smallest absolute Gasteiger partial charge is 0.303 e. The van der Waals surface area contributed by atoms with Crippen molar-refractivity contribution in [2.75, 3.05) is 19.8 Å². The molecule has 1 aliphatic carbocycles. The largest absolute Gasteiger partial charge is 0.481 e. The highest BCUT2D eigenvalue weighted by Crippen LogP contribution is 2.28. The minimum atomic E-state index is -0.869. The Morgan fingerprint density at radius 1 is 1.32 bits per heavy atom. The maximum atomic E-state index is 11.6. The van der Waals surface area contributed by atoms with Crippen LogP contribution in [0, 0.1) is 11.3 Å². The molecule has 110 valence electrons. The molecule has 0 spiro atoms. The van der Waals surface area contributed by atoms with E-state index in [1.54, 1.807) is 13.8 Å². The third-order valence-electron chi connectivity index (χ3n) is 3.11. The molecule has 0 atom stereocenters. The second-order valence-corrected chi connectivity index (χ2v) is 6.13. The molecule has 5 heteroatoms. The number of amides is 1. The van der Waals surface area contributed by atoms with Crippen molar-refractivity contribution in [1.29, 1.82) is 0 Å². The quantitative estimate of drug-likeness (QED) is 0.594. The molecule has 0 aromatic heterocycles. The van der Waals surface area contributed by atoms with Gasteiger partial charge in [-0.2, -0.15) is 0 Å². The normalized spacial score (nSPS) is 15.3. The summed E-state index contributed by atoms with van der Waals surface area (Å²) < 4.78 is 5.46. The van der Waals surface area contributed by atoms with Crippen LogP contribution in [0.25, 0.3) is 0 Å². The van der Waals surface area contributed by atoms with Gasteiger partial charge in [0.1, 0.15) is 0 Å². The van der Waals surface area contributed by atoms with Gasteiger partial charge in [0.2, 0.25) is 5.91 Å². The van der Waals surface area contributed by atoms with Crippen LogP contribution >= 0.6 is 0 Å². The summed E-state index contributed by atoms with van der Waals surface area (Å²) in [4.78, 5) is 22.3. The molecule has 0 radical (unpaired) electrons. The maximum Gasteiger partial charge on any atom is 0.303 e. The molecular weight excluding hydrogens is 246 g/mol. The van der Waals surface area contributed by atoms with E-state index in [1.807, 2.05) is 0 Å². The van der Waals surface area contributed by atoms with Crippen LogP contribution < -0.4 is 5.32 Å². The summed E-state index contributed by atoms with van der Waals surface area (Å²) in [6, 6.07) is 0. The summed E-state index contributed by atoms with van der Waals surface area (Å²) >= 11 is 0. The monoisotopic (exact) mass is 271 g/mol. The van der Waals surface area contributed by atoms with E-state index in [9.17, 15) is 9.59 Å². The molecule has 1 aliphatic rings. The predicted octanol–water partition coefficient (Wildman–Crippen LogP) is 1.81. The maximum absolute atomic E-state index is 11.6. The van der Waals surface area contributed by atoms with E-state index in [4.69, 9.17) is 9.84 Å². The summed E-state index contributed by atoms with van der Waals surface area (Å²) in [5.74, 6) is -0.189. The molecule has 0 bridgehead atoms. The lowest BCUT2D eigenvalue weighted by atomic mass is 9.85. The number of nitrogens with one attached hydrogen (secondary N) is 1. The van der Waals surface area contributed by atoms with E-state index in [0.717, 1.165) is 18.9 Å². The molecule has 0 heterocycles. The van der Waals surface area contributed by atoms with E-state index < -0.39 is 11.4 Å². The van der Waals surface area contributed by atoms with Crippen LogP contribution in [0.4, 0.5) is 0 Å². The van der Waals surface area contributed by atoms with Gasteiger partial charge in [-0.1, -0.05) is 13.8 Å². The Bertz CT molecular complexity index is 311. The van der Waals surface area contributed by atoms with Gasteiger partial charge in [-0.15, -0.1) is 0 Å². The van der Waals surface area contributed by atoms with Crippen LogP contribution in [0.1, 0.15) is 46.0 Å². The minimum absolute atomic E-state index is 0.00488. The fourth-order valence-electron chi connectivity index (χ4n) is 1.91. The second-order valence-electron chi connectivity index (χ2n) is 6.13. The summed E-state index contributed by atoms with van der Waals surface area (Å²) in [7, 11) is 0. The highest BCUT2D eigenvalue weighted by molar-refractivity contribution is 5.77.